The van der Waals surface area contributed by atoms with E-state index < -0.39 is 0 Å². The minimum absolute atomic E-state index is 0.00629. The SMILES string of the molecule is CCn1nc(C)cc1C(=O)N1CC[C@@H](OC)[C@@H]2OCC[C@H]21. The van der Waals surface area contributed by atoms with Gasteiger partial charge < -0.3 is 14.4 Å². The van der Waals surface area contributed by atoms with Crippen LogP contribution in [0.1, 0.15) is 35.9 Å². The zero-order valence-corrected chi connectivity index (χ0v) is 12.9. The molecule has 0 N–H and O–H groups in total. The maximum atomic E-state index is 12.9. The van der Waals surface area contributed by atoms with Crippen LogP contribution in [0.25, 0.3) is 0 Å². The number of likely N-dealkylation sites (tertiary alicyclic amines) is 1. The maximum Gasteiger partial charge on any atom is 0.272 e. The number of rotatable bonds is 3. The van der Waals surface area contributed by atoms with E-state index in [4.69, 9.17) is 9.47 Å². The molecule has 2 aliphatic rings. The summed E-state index contributed by atoms with van der Waals surface area (Å²) < 4.78 is 13.1. The molecule has 3 heterocycles. The van der Waals surface area contributed by atoms with Gasteiger partial charge in [0.25, 0.3) is 5.91 Å². The Morgan fingerprint density at radius 3 is 3.05 bits per heavy atom. The van der Waals surface area contributed by atoms with Crippen molar-refractivity contribution in [3.63, 3.8) is 0 Å². The second kappa shape index (κ2) is 5.77. The molecule has 3 atom stereocenters. The van der Waals surface area contributed by atoms with Crippen LogP contribution in [-0.2, 0) is 16.0 Å². The molecule has 0 unspecified atom stereocenters. The van der Waals surface area contributed by atoms with Gasteiger partial charge in [-0.15, -0.1) is 0 Å². The van der Waals surface area contributed by atoms with E-state index >= 15 is 0 Å². The summed E-state index contributed by atoms with van der Waals surface area (Å²) in [5, 5.41) is 4.37. The number of hydrogen-bond donors (Lipinski definition) is 0. The quantitative estimate of drug-likeness (QED) is 0.841. The highest BCUT2D eigenvalue weighted by Gasteiger charge is 2.44. The number of carbonyl (C=O) groups is 1. The van der Waals surface area contributed by atoms with Crippen molar-refractivity contribution in [2.24, 2.45) is 0 Å². The fourth-order valence-electron chi connectivity index (χ4n) is 3.49. The number of amides is 1. The summed E-state index contributed by atoms with van der Waals surface area (Å²) in [7, 11) is 1.72. The molecule has 6 heteroatoms. The Kier molecular flexibility index (Phi) is 3.99. The van der Waals surface area contributed by atoms with Crippen molar-refractivity contribution in [2.45, 2.75) is 51.5 Å². The first-order valence-electron chi connectivity index (χ1n) is 7.65. The smallest absolute Gasteiger partial charge is 0.272 e. The van der Waals surface area contributed by atoms with Gasteiger partial charge >= 0.3 is 0 Å². The van der Waals surface area contributed by atoms with Crippen molar-refractivity contribution >= 4 is 5.91 Å². The molecule has 1 amide bonds. The molecule has 0 bridgehead atoms. The van der Waals surface area contributed by atoms with Gasteiger partial charge in [-0.05, 0) is 32.8 Å². The van der Waals surface area contributed by atoms with E-state index in [0.717, 1.165) is 25.1 Å². The van der Waals surface area contributed by atoms with Gasteiger partial charge in [-0.2, -0.15) is 5.10 Å². The zero-order valence-electron chi connectivity index (χ0n) is 12.9. The van der Waals surface area contributed by atoms with Crippen molar-refractivity contribution in [1.82, 2.24) is 14.7 Å². The Morgan fingerprint density at radius 1 is 1.52 bits per heavy atom. The van der Waals surface area contributed by atoms with Gasteiger partial charge in [0, 0.05) is 26.8 Å². The lowest BCUT2D eigenvalue weighted by molar-refractivity contribution is -0.0755. The molecule has 21 heavy (non-hydrogen) atoms. The molecule has 2 fully saturated rings. The van der Waals surface area contributed by atoms with Crippen LogP contribution in [0.4, 0.5) is 0 Å². The zero-order chi connectivity index (χ0) is 15.0. The van der Waals surface area contributed by atoms with Crippen LogP contribution in [0, 0.1) is 6.92 Å². The summed E-state index contributed by atoms with van der Waals surface area (Å²) in [5.74, 6) is 0.0625. The molecule has 0 radical (unpaired) electrons. The molecule has 2 aliphatic heterocycles. The number of nitrogens with zero attached hydrogens (tertiary/aromatic N) is 3. The van der Waals surface area contributed by atoms with E-state index in [0.29, 0.717) is 18.8 Å². The predicted octanol–water partition coefficient (Wildman–Crippen LogP) is 1.23. The lowest BCUT2D eigenvalue weighted by atomic mass is 9.95. The molecular formula is C15H23N3O3. The molecule has 6 nitrogen and oxygen atoms in total. The fraction of sp³-hybridized carbons (Fsp3) is 0.733. The van der Waals surface area contributed by atoms with Crippen molar-refractivity contribution in [2.75, 3.05) is 20.3 Å². The van der Waals surface area contributed by atoms with E-state index in [1.807, 2.05) is 24.8 Å². The van der Waals surface area contributed by atoms with Crippen molar-refractivity contribution in [3.8, 4) is 0 Å². The minimum atomic E-state index is 0.00629. The van der Waals surface area contributed by atoms with Crippen LogP contribution in [0.2, 0.25) is 0 Å². The van der Waals surface area contributed by atoms with E-state index in [2.05, 4.69) is 5.10 Å². The summed E-state index contributed by atoms with van der Waals surface area (Å²) in [4.78, 5) is 14.9. The first kappa shape index (κ1) is 14.5. The number of fused-ring (bicyclic) bond motifs is 1. The van der Waals surface area contributed by atoms with Crippen LogP contribution in [0.3, 0.4) is 0 Å². The molecule has 1 aromatic rings. The van der Waals surface area contributed by atoms with Crippen LogP contribution < -0.4 is 0 Å². The molecule has 0 saturated carbocycles. The van der Waals surface area contributed by atoms with Gasteiger partial charge in [-0.1, -0.05) is 0 Å². The highest BCUT2D eigenvalue weighted by atomic mass is 16.5. The molecule has 116 valence electrons. The fourth-order valence-corrected chi connectivity index (χ4v) is 3.49. The lowest BCUT2D eigenvalue weighted by Crippen LogP contribution is -2.55. The van der Waals surface area contributed by atoms with Gasteiger partial charge in [-0.3, -0.25) is 9.48 Å². The number of methoxy groups -OCH3 is 1. The Balaban J connectivity index is 1.84. The van der Waals surface area contributed by atoms with Gasteiger partial charge in [0.15, 0.2) is 0 Å². The highest BCUT2D eigenvalue weighted by molar-refractivity contribution is 5.93. The second-order valence-electron chi connectivity index (χ2n) is 5.74. The molecule has 2 saturated heterocycles. The number of aryl methyl sites for hydroxylation is 2. The van der Waals surface area contributed by atoms with Crippen molar-refractivity contribution in [3.05, 3.63) is 17.5 Å². The molecule has 3 rings (SSSR count). The van der Waals surface area contributed by atoms with E-state index in [9.17, 15) is 4.79 Å². The van der Waals surface area contributed by atoms with Crippen LogP contribution in [-0.4, -0.2) is 59.1 Å². The number of ether oxygens (including phenoxy) is 2. The van der Waals surface area contributed by atoms with Gasteiger partial charge in [0.05, 0.1) is 17.8 Å². The second-order valence-corrected chi connectivity index (χ2v) is 5.74. The third-order valence-electron chi connectivity index (χ3n) is 4.51. The van der Waals surface area contributed by atoms with E-state index in [-0.39, 0.29) is 24.2 Å². The summed E-state index contributed by atoms with van der Waals surface area (Å²) in [5.41, 5.74) is 1.56. The lowest BCUT2D eigenvalue weighted by Gasteiger charge is -2.40. The van der Waals surface area contributed by atoms with Crippen LogP contribution in [0.15, 0.2) is 6.07 Å². The number of aromatic nitrogens is 2. The summed E-state index contributed by atoms with van der Waals surface area (Å²) >= 11 is 0. The summed E-state index contributed by atoms with van der Waals surface area (Å²) in [6, 6.07) is 2.00. The normalized spacial score (nSPS) is 28.7. The number of piperidine rings is 1. The first-order chi connectivity index (χ1) is 10.2. The van der Waals surface area contributed by atoms with E-state index in [1.165, 1.54) is 0 Å². The third-order valence-corrected chi connectivity index (χ3v) is 4.51. The third kappa shape index (κ3) is 2.46. The largest absolute Gasteiger partial charge is 0.379 e. The maximum absolute atomic E-state index is 12.9. The average Bonchev–Trinajstić information content (AvgIpc) is 3.11. The number of carbonyl (C=O) groups excluding carboxylic acids is 1. The van der Waals surface area contributed by atoms with E-state index in [1.54, 1.807) is 11.8 Å². The van der Waals surface area contributed by atoms with Gasteiger partial charge in [0.2, 0.25) is 0 Å². The van der Waals surface area contributed by atoms with Crippen molar-refractivity contribution < 1.29 is 14.3 Å². The average molecular weight is 293 g/mol. The minimum Gasteiger partial charge on any atom is -0.379 e. The summed E-state index contributed by atoms with van der Waals surface area (Å²) in [6.07, 6.45) is 1.81. The Bertz CT molecular complexity index is 528. The highest BCUT2D eigenvalue weighted by Crippen LogP contribution is 2.31. The Hall–Kier alpha value is -1.40. The molecule has 0 spiro atoms. The first-order valence-corrected chi connectivity index (χ1v) is 7.65. The van der Waals surface area contributed by atoms with Gasteiger partial charge in [-0.25, -0.2) is 0 Å². The standard InChI is InChI=1S/C15H23N3O3/c1-4-18-12(9-10(2)16-18)15(19)17-7-5-13(20-3)14-11(17)6-8-21-14/h9,11,13-14H,4-8H2,1-3H3/t11-,13-,14-/m1/s1. The summed E-state index contributed by atoms with van der Waals surface area (Å²) in [6.45, 7) is 6.04. The monoisotopic (exact) mass is 293 g/mol. The van der Waals surface area contributed by atoms with Crippen LogP contribution in [0.5, 0.6) is 0 Å². The molecule has 0 aliphatic carbocycles. The number of hydrogen-bond acceptors (Lipinski definition) is 4. The molecule has 0 aromatic carbocycles. The predicted molar refractivity (Wildman–Crippen MR) is 77.2 cm³/mol. The van der Waals surface area contributed by atoms with Crippen LogP contribution >= 0.6 is 0 Å². The Morgan fingerprint density at radius 2 is 2.33 bits per heavy atom. The molecule has 1 aromatic heterocycles. The Labute approximate surface area is 125 Å². The van der Waals surface area contributed by atoms with Crippen molar-refractivity contribution in [1.29, 1.82) is 0 Å². The van der Waals surface area contributed by atoms with Gasteiger partial charge in [0.1, 0.15) is 11.8 Å². The molecular weight excluding hydrogens is 270 g/mol. The topological polar surface area (TPSA) is 56.6 Å².